The van der Waals surface area contributed by atoms with Gasteiger partial charge in [0.25, 0.3) is 5.91 Å². The molecule has 1 aromatic rings. The van der Waals surface area contributed by atoms with Crippen LogP contribution in [0.25, 0.3) is 0 Å². The molecule has 0 heterocycles. The lowest BCUT2D eigenvalue weighted by Crippen LogP contribution is -2.34. The maximum absolute atomic E-state index is 11.8. The van der Waals surface area contributed by atoms with E-state index in [4.69, 9.17) is 10.5 Å². The Bertz CT molecular complexity index is 437. The van der Waals surface area contributed by atoms with Gasteiger partial charge in [-0.15, -0.1) is 0 Å². The number of nitrogens with one attached hydrogen (secondary N) is 1. The Kier molecular flexibility index (Phi) is 5.90. The molecule has 1 fully saturated rings. The number of rotatable bonds is 6. The smallest absolute Gasteiger partial charge is 0.257 e. The van der Waals surface area contributed by atoms with Gasteiger partial charge in [-0.05, 0) is 48.9 Å². The standard InChI is InChI=1S/C17H26N2O2/c1-2-13-3-5-14(6-4-13)11-19-17(20)12-21-16-9-7-15(18)8-10-16/h7-10,13-14H,2-6,11-12,18H2,1H3,(H,19,20). The van der Waals surface area contributed by atoms with Gasteiger partial charge in [0.2, 0.25) is 0 Å². The number of nitrogens with two attached hydrogens (primary N) is 1. The molecule has 0 saturated heterocycles. The molecule has 0 unspecified atom stereocenters. The fourth-order valence-electron chi connectivity index (χ4n) is 2.87. The number of amides is 1. The predicted molar refractivity (Wildman–Crippen MR) is 85.1 cm³/mol. The van der Waals surface area contributed by atoms with Gasteiger partial charge in [-0.1, -0.05) is 26.2 Å². The van der Waals surface area contributed by atoms with Crippen molar-refractivity contribution in [2.45, 2.75) is 39.0 Å². The lowest BCUT2D eigenvalue weighted by molar-refractivity contribution is -0.123. The highest BCUT2D eigenvalue weighted by molar-refractivity contribution is 5.77. The van der Waals surface area contributed by atoms with Gasteiger partial charge >= 0.3 is 0 Å². The summed E-state index contributed by atoms with van der Waals surface area (Å²) >= 11 is 0. The summed E-state index contributed by atoms with van der Waals surface area (Å²) in [6.45, 7) is 3.11. The Morgan fingerprint density at radius 1 is 1.19 bits per heavy atom. The molecule has 1 aromatic carbocycles. The summed E-state index contributed by atoms with van der Waals surface area (Å²) in [5.41, 5.74) is 6.29. The highest BCUT2D eigenvalue weighted by Gasteiger charge is 2.20. The number of hydrogen-bond acceptors (Lipinski definition) is 3. The molecule has 0 atom stereocenters. The Hall–Kier alpha value is -1.71. The van der Waals surface area contributed by atoms with Crippen LogP contribution < -0.4 is 15.8 Å². The molecule has 4 nitrogen and oxygen atoms in total. The molecule has 0 aromatic heterocycles. The van der Waals surface area contributed by atoms with Crippen LogP contribution in [0.15, 0.2) is 24.3 Å². The second kappa shape index (κ2) is 7.91. The first-order valence-corrected chi connectivity index (χ1v) is 7.92. The SMILES string of the molecule is CCC1CCC(CNC(=O)COc2ccc(N)cc2)CC1. The molecule has 4 heteroatoms. The van der Waals surface area contributed by atoms with E-state index in [1.165, 1.54) is 32.1 Å². The molecule has 1 saturated carbocycles. The van der Waals surface area contributed by atoms with E-state index in [1.807, 2.05) is 0 Å². The molecule has 0 spiro atoms. The van der Waals surface area contributed by atoms with Gasteiger partial charge in [0.05, 0.1) is 0 Å². The zero-order valence-electron chi connectivity index (χ0n) is 12.8. The summed E-state index contributed by atoms with van der Waals surface area (Å²) in [7, 11) is 0. The first kappa shape index (κ1) is 15.7. The number of hydrogen-bond donors (Lipinski definition) is 2. The zero-order valence-corrected chi connectivity index (χ0v) is 12.8. The normalized spacial score (nSPS) is 21.8. The minimum Gasteiger partial charge on any atom is -0.484 e. The molecule has 1 aliphatic carbocycles. The summed E-state index contributed by atoms with van der Waals surface area (Å²) in [5, 5.41) is 2.98. The minimum atomic E-state index is -0.0514. The van der Waals surface area contributed by atoms with Crippen LogP contribution in [-0.2, 0) is 4.79 Å². The third-order valence-electron chi connectivity index (χ3n) is 4.38. The minimum absolute atomic E-state index is 0.0514. The quantitative estimate of drug-likeness (QED) is 0.792. The lowest BCUT2D eigenvalue weighted by Gasteiger charge is -2.27. The molecule has 1 aliphatic rings. The predicted octanol–water partition coefficient (Wildman–Crippen LogP) is 2.98. The van der Waals surface area contributed by atoms with Crippen molar-refractivity contribution in [3.05, 3.63) is 24.3 Å². The summed E-state index contributed by atoms with van der Waals surface area (Å²) in [4.78, 5) is 11.8. The Morgan fingerprint density at radius 3 is 2.43 bits per heavy atom. The molecule has 21 heavy (non-hydrogen) atoms. The van der Waals surface area contributed by atoms with E-state index < -0.39 is 0 Å². The van der Waals surface area contributed by atoms with Gasteiger partial charge in [-0.25, -0.2) is 0 Å². The Morgan fingerprint density at radius 2 is 1.81 bits per heavy atom. The highest BCUT2D eigenvalue weighted by atomic mass is 16.5. The van der Waals surface area contributed by atoms with E-state index in [-0.39, 0.29) is 12.5 Å². The van der Waals surface area contributed by atoms with Crippen LogP contribution in [0, 0.1) is 11.8 Å². The number of anilines is 1. The molecular formula is C17H26N2O2. The zero-order chi connectivity index (χ0) is 15.1. The van der Waals surface area contributed by atoms with E-state index in [1.54, 1.807) is 24.3 Å². The summed E-state index contributed by atoms with van der Waals surface area (Å²) < 4.78 is 5.43. The lowest BCUT2D eigenvalue weighted by atomic mass is 9.81. The van der Waals surface area contributed by atoms with E-state index in [0.29, 0.717) is 17.4 Å². The van der Waals surface area contributed by atoms with Crippen LogP contribution >= 0.6 is 0 Å². The van der Waals surface area contributed by atoms with Gasteiger partial charge < -0.3 is 15.8 Å². The first-order chi connectivity index (χ1) is 10.2. The molecule has 116 valence electrons. The largest absolute Gasteiger partial charge is 0.484 e. The van der Waals surface area contributed by atoms with Crippen LogP contribution in [0.5, 0.6) is 5.75 Å². The van der Waals surface area contributed by atoms with Gasteiger partial charge in [-0.2, -0.15) is 0 Å². The Labute approximate surface area is 127 Å². The topological polar surface area (TPSA) is 64.3 Å². The van der Waals surface area contributed by atoms with E-state index in [0.717, 1.165) is 12.5 Å². The van der Waals surface area contributed by atoms with Gasteiger partial charge in [0, 0.05) is 12.2 Å². The number of carbonyl (C=O) groups excluding carboxylic acids is 1. The van der Waals surface area contributed by atoms with Crippen molar-refractivity contribution < 1.29 is 9.53 Å². The third kappa shape index (κ3) is 5.29. The molecule has 0 aliphatic heterocycles. The van der Waals surface area contributed by atoms with Crippen molar-refractivity contribution in [2.24, 2.45) is 11.8 Å². The first-order valence-electron chi connectivity index (χ1n) is 7.92. The van der Waals surface area contributed by atoms with Crippen LogP contribution in [0.4, 0.5) is 5.69 Å². The highest BCUT2D eigenvalue weighted by Crippen LogP contribution is 2.30. The maximum Gasteiger partial charge on any atom is 0.257 e. The van der Waals surface area contributed by atoms with E-state index >= 15 is 0 Å². The van der Waals surface area contributed by atoms with Crippen LogP contribution in [0.2, 0.25) is 0 Å². The third-order valence-corrected chi connectivity index (χ3v) is 4.38. The summed E-state index contributed by atoms with van der Waals surface area (Å²) in [6.07, 6.45) is 6.36. The molecule has 3 N–H and O–H groups in total. The number of ether oxygens (including phenoxy) is 1. The second-order valence-corrected chi connectivity index (χ2v) is 5.96. The van der Waals surface area contributed by atoms with Crippen molar-refractivity contribution in [1.82, 2.24) is 5.32 Å². The van der Waals surface area contributed by atoms with Crippen LogP contribution in [0.1, 0.15) is 39.0 Å². The maximum atomic E-state index is 11.8. The fraction of sp³-hybridized carbons (Fsp3) is 0.588. The molecule has 0 radical (unpaired) electrons. The van der Waals surface area contributed by atoms with Crippen LogP contribution in [0.3, 0.4) is 0 Å². The number of carbonyl (C=O) groups is 1. The second-order valence-electron chi connectivity index (χ2n) is 5.96. The summed E-state index contributed by atoms with van der Waals surface area (Å²) in [6, 6.07) is 7.07. The summed E-state index contributed by atoms with van der Waals surface area (Å²) in [5.74, 6) is 2.14. The number of benzene rings is 1. The molecular weight excluding hydrogens is 264 g/mol. The molecule has 1 amide bonds. The molecule has 2 rings (SSSR count). The van der Waals surface area contributed by atoms with Crippen molar-refractivity contribution >= 4 is 11.6 Å². The average Bonchev–Trinajstić information content (AvgIpc) is 2.53. The van der Waals surface area contributed by atoms with Crippen molar-refractivity contribution in [2.75, 3.05) is 18.9 Å². The number of nitrogen functional groups attached to an aromatic ring is 1. The average molecular weight is 290 g/mol. The van der Waals surface area contributed by atoms with Crippen molar-refractivity contribution in [1.29, 1.82) is 0 Å². The fourth-order valence-corrected chi connectivity index (χ4v) is 2.87. The monoisotopic (exact) mass is 290 g/mol. The van der Waals surface area contributed by atoms with Gasteiger partial charge in [-0.3, -0.25) is 4.79 Å². The van der Waals surface area contributed by atoms with E-state index in [2.05, 4.69) is 12.2 Å². The van der Waals surface area contributed by atoms with Gasteiger partial charge in [0.15, 0.2) is 6.61 Å². The van der Waals surface area contributed by atoms with Crippen molar-refractivity contribution in [3.8, 4) is 5.75 Å². The van der Waals surface area contributed by atoms with Crippen LogP contribution in [-0.4, -0.2) is 19.1 Å². The van der Waals surface area contributed by atoms with Gasteiger partial charge in [0.1, 0.15) is 5.75 Å². The molecule has 0 bridgehead atoms. The van der Waals surface area contributed by atoms with E-state index in [9.17, 15) is 4.79 Å². The Balaban J connectivity index is 1.62. The van der Waals surface area contributed by atoms with Crippen molar-refractivity contribution in [3.63, 3.8) is 0 Å².